The van der Waals surface area contributed by atoms with Gasteiger partial charge in [0.25, 0.3) is 0 Å². The van der Waals surface area contributed by atoms with Gasteiger partial charge in [-0.25, -0.2) is 0 Å². The fourth-order valence-electron chi connectivity index (χ4n) is 2.78. The van der Waals surface area contributed by atoms with Crippen LogP contribution in [0.1, 0.15) is 42.6 Å². The van der Waals surface area contributed by atoms with E-state index in [2.05, 4.69) is 0 Å². The van der Waals surface area contributed by atoms with E-state index in [4.69, 9.17) is 21.1 Å². The highest BCUT2D eigenvalue weighted by Crippen LogP contribution is 2.50. The number of rotatable bonds is 0. The number of benzene rings is 1. The number of ether oxygens (including phenoxy) is 2. The summed E-state index contributed by atoms with van der Waals surface area (Å²) in [5.74, 6) is 1.28. The number of ketones is 1. The van der Waals surface area contributed by atoms with Gasteiger partial charge in [-0.2, -0.15) is 0 Å². The molecule has 3 rings (SSSR count). The summed E-state index contributed by atoms with van der Waals surface area (Å²) in [5, 5.41) is 0.602. The minimum atomic E-state index is -0.228. The van der Waals surface area contributed by atoms with Crippen LogP contribution in [-0.4, -0.2) is 19.0 Å². The molecule has 3 nitrogen and oxygen atoms in total. The van der Waals surface area contributed by atoms with Crippen LogP contribution in [-0.2, 0) is 5.41 Å². The van der Waals surface area contributed by atoms with Gasteiger partial charge in [0.1, 0.15) is 0 Å². The average Bonchev–Trinajstić information content (AvgIpc) is 2.46. The van der Waals surface area contributed by atoms with Gasteiger partial charge in [0, 0.05) is 23.9 Å². The van der Waals surface area contributed by atoms with Crippen LogP contribution in [0.2, 0.25) is 5.02 Å². The molecule has 4 heteroatoms. The molecule has 1 aromatic carbocycles. The molecule has 0 aromatic heterocycles. The molecule has 0 atom stereocenters. The smallest absolute Gasteiger partial charge is 0.172 e. The second-order valence-corrected chi connectivity index (χ2v) is 5.88. The Morgan fingerprint density at radius 1 is 1.28 bits per heavy atom. The van der Waals surface area contributed by atoms with E-state index in [0.29, 0.717) is 41.7 Å². The topological polar surface area (TPSA) is 35.5 Å². The molecule has 1 heterocycles. The molecule has 0 amide bonds. The van der Waals surface area contributed by atoms with Crippen molar-refractivity contribution in [3.63, 3.8) is 0 Å². The third-order valence-corrected chi connectivity index (χ3v) is 3.85. The molecule has 0 radical (unpaired) electrons. The number of fused-ring (bicyclic) bond motifs is 3. The molecule has 0 spiro atoms. The van der Waals surface area contributed by atoms with Crippen molar-refractivity contribution in [1.82, 2.24) is 0 Å². The van der Waals surface area contributed by atoms with Gasteiger partial charge in [0.15, 0.2) is 17.3 Å². The fourth-order valence-corrected chi connectivity index (χ4v) is 3.23. The predicted molar refractivity (Wildman–Crippen MR) is 69.0 cm³/mol. The lowest BCUT2D eigenvalue weighted by molar-refractivity contribution is 0.0976. The molecule has 96 valence electrons. The van der Waals surface area contributed by atoms with Gasteiger partial charge in [-0.15, -0.1) is 0 Å². The Labute approximate surface area is 111 Å². The predicted octanol–water partition coefficient (Wildman–Crippen LogP) is 3.37. The van der Waals surface area contributed by atoms with Crippen molar-refractivity contribution >= 4 is 17.4 Å². The van der Waals surface area contributed by atoms with E-state index >= 15 is 0 Å². The number of hydrogen-bond donors (Lipinski definition) is 0. The summed E-state index contributed by atoms with van der Waals surface area (Å²) in [4.78, 5) is 12.2. The zero-order valence-corrected chi connectivity index (χ0v) is 11.3. The molecule has 0 fully saturated rings. The fraction of sp³-hybridized carbons (Fsp3) is 0.500. The molecule has 1 aliphatic carbocycles. The van der Waals surface area contributed by atoms with Crippen molar-refractivity contribution in [3.8, 4) is 11.5 Å². The molecule has 0 N–H and O–H groups in total. The molecule has 18 heavy (non-hydrogen) atoms. The quantitative estimate of drug-likeness (QED) is 0.722. The van der Waals surface area contributed by atoms with Crippen molar-refractivity contribution in [2.75, 3.05) is 13.2 Å². The van der Waals surface area contributed by atoms with Crippen molar-refractivity contribution in [3.05, 3.63) is 22.2 Å². The summed E-state index contributed by atoms with van der Waals surface area (Å²) in [6.45, 7) is 5.24. The second-order valence-electron chi connectivity index (χ2n) is 5.47. The Kier molecular flexibility index (Phi) is 2.56. The van der Waals surface area contributed by atoms with Crippen molar-refractivity contribution in [2.45, 2.75) is 32.1 Å². The van der Waals surface area contributed by atoms with Gasteiger partial charge in [-0.3, -0.25) is 4.79 Å². The maximum Gasteiger partial charge on any atom is 0.172 e. The molecular weight excluding hydrogens is 252 g/mol. The largest absolute Gasteiger partial charge is 0.489 e. The van der Waals surface area contributed by atoms with Crippen molar-refractivity contribution in [2.24, 2.45) is 0 Å². The first-order valence-electron chi connectivity index (χ1n) is 6.16. The molecule has 0 unspecified atom stereocenters. The molecule has 0 saturated heterocycles. The Morgan fingerprint density at radius 2 is 2.00 bits per heavy atom. The van der Waals surface area contributed by atoms with Crippen LogP contribution in [0.25, 0.3) is 0 Å². The molecule has 1 aromatic rings. The van der Waals surface area contributed by atoms with Crippen molar-refractivity contribution < 1.29 is 14.3 Å². The molecular formula is C14H15ClO3. The summed E-state index contributed by atoms with van der Waals surface area (Å²) >= 11 is 6.32. The van der Waals surface area contributed by atoms with Crippen LogP contribution < -0.4 is 9.47 Å². The van der Waals surface area contributed by atoms with E-state index < -0.39 is 0 Å². The van der Waals surface area contributed by atoms with Crippen LogP contribution in [0.5, 0.6) is 11.5 Å². The average molecular weight is 267 g/mol. The summed E-state index contributed by atoms with van der Waals surface area (Å²) < 4.78 is 11.3. The first kappa shape index (κ1) is 11.8. The zero-order chi connectivity index (χ0) is 12.9. The SMILES string of the molecule is CC1(C)CC(=O)c2c3c(cc(Cl)c21)OCCCO3. The van der Waals surface area contributed by atoms with Gasteiger partial charge >= 0.3 is 0 Å². The van der Waals surface area contributed by atoms with Crippen LogP contribution in [0.15, 0.2) is 6.07 Å². The summed E-state index contributed by atoms with van der Waals surface area (Å²) in [6, 6.07) is 1.78. The lowest BCUT2D eigenvalue weighted by Gasteiger charge is -2.20. The Morgan fingerprint density at radius 3 is 2.78 bits per heavy atom. The monoisotopic (exact) mass is 266 g/mol. The van der Waals surface area contributed by atoms with Crippen molar-refractivity contribution in [1.29, 1.82) is 0 Å². The first-order valence-corrected chi connectivity index (χ1v) is 6.54. The number of carbonyl (C=O) groups is 1. The van der Waals surface area contributed by atoms with E-state index in [9.17, 15) is 4.79 Å². The Bertz CT molecular complexity index is 534. The highest BCUT2D eigenvalue weighted by Gasteiger charge is 2.41. The number of Topliss-reactive ketones (excluding diaryl/α,β-unsaturated/α-hetero) is 1. The van der Waals surface area contributed by atoms with Crippen LogP contribution in [0.3, 0.4) is 0 Å². The maximum atomic E-state index is 12.2. The van der Waals surface area contributed by atoms with E-state index in [1.165, 1.54) is 0 Å². The minimum Gasteiger partial charge on any atom is -0.489 e. The van der Waals surface area contributed by atoms with Gasteiger partial charge in [-0.1, -0.05) is 25.4 Å². The van der Waals surface area contributed by atoms with Gasteiger partial charge in [-0.05, 0) is 11.0 Å². The lowest BCUT2D eigenvalue weighted by atomic mass is 9.86. The van der Waals surface area contributed by atoms with Crippen LogP contribution >= 0.6 is 11.6 Å². The summed E-state index contributed by atoms with van der Waals surface area (Å²) in [6.07, 6.45) is 1.29. The zero-order valence-electron chi connectivity index (χ0n) is 10.5. The molecule has 0 saturated carbocycles. The Hall–Kier alpha value is -1.22. The number of hydrogen-bond acceptors (Lipinski definition) is 3. The normalized spacial score (nSPS) is 20.5. The molecule has 1 aliphatic heterocycles. The standard InChI is InChI=1S/C14H15ClO3/c1-14(2)7-9(16)11-12(14)8(15)6-10-13(11)18-5-3-4-17-10/h6H,3-5,7H2,1-2H3. The highest BCUT2D eigenvalue weighted by molar-refractivity contribution is 6.33. The summed E-state index contributed by atoms with van der Waals surface area (Å²) in [5.41, 5.74) is 1.30. The van der Waals surface area contributed by atoms with Gasteiger partial charge < -0.3 is 9.47 Å². The van der Waals surface area contributed by atoms with E-state index in [0.717, 1.165) is 12.0 Å². The van der Waals surface area contributed by atoms with Gasteiger partial charge in [0.05, 0.1) is 18.8 Å². The van der Waals surface area contributed by atoms with E-state index in [1.807, 2.05) is 13.8 Å². The van der Waals surface area contributed by atoms with Gasteiger partial charge in [0.2, 0.25) is 0 Å². The lowest BCUT2D eigenvalue weighted by Crippen LogP contribution is -2.13. The van der Waals surface area contributed by atoms with E-state index in [-0.39, 0.29) is 11.2 Å². The third kappa shape index (κ3) is 1.61. The van der Waals surface area contributed by atoms with Crippen LogP contribution in [0.4, 0.5) is 0 Å². The first-order chi connectivity index (χ1) is 8.50. The molecule has 0 bridgehead atoms. The Balaban J connectivity index is 2.28. The minimum absolute atomic E-state index is 0.0965. The van der Waals surface area contributed by atoms with Crippen LogP contribution in [0, 0.1) is 0 Å². The van der Waals surface area contributed by atoms with E-state index in [1.54, 1.807) is 6.07 Å². The second kappa shape index (κ2) is 3.89. The number of halogens is 1. The highest BCUT2D eigenvalue weighted by atomic mass is 35.5. The maximum absolute atomic E-state index is 12.2. The third-order valence-electron chi connectivity index (χ3n) is 3.55. The number of carbonyl (C=O) groups excluding carboxylic acids is 1. The molecule has 2 aliphatic rings. The summed E-state index contributed by atoms with van der Waals surface area (Å²) in [7, 11) is 0.